The number of fused-ring (bicyclic) bond motifs is 1. The summed E-state index contributed by atoms with van der Waals surface area (Å²) in [6, 6.07) is 6.04. The molecule has 1 aliphatic heterocycles. The van der Waals surface area contributed by atoms with Crippen LogP contribution in [-0.2, 0) is 16.1 Å². The Kier molecular flexibility index (Phi) is 7.02. The van der Waals surface area contributed by atoms with Gasteiger partial charge in [0.15, 0.2) is 11.2 Å². The molecule has 0 saturated carbocycles. The van der Waals surface area contributed by atoms with Gasteiger partial charge in [0.05, 0.1) is 44.8 Å². The van der Waals surface area contributed by atoms with E-state index >= 15 is 0 Å². The fraction of sp³-hybridized carbons (Fsp3) is 0.400. The normalized spacial score (nSPS) is 15.2. The zero-order valence-electron chi connectivity index (χ0n) is 19.2. The summed E-state index contributed by atoms with van der Waals surface area (Å²) in [7, 11) is 2.70. The first-order valence-electron chi connectivity index (χ1n) is 11.2. The van der Waals surface area contributed by atoms with E-state index in [0.29, 0.717) is 23.6 Å². The highest BCUT2D eigenvalue weighted by Gasteiger charge is 2.30. The Morgan fingerprint density at radius 2 is 1.91 bits per heavy atom. The number of carbonyl (C=O) groups is 1. The summed E-state index contributed by atoms with van der Waals surface area (Å²) in [6.45, 7) is 2.14. The summed E-state index contributed by atoms with van der Waals surface area (Å²) in [4.78, 5) is 40.4. The largest absolute Gasteiger partial charge is 0.502 e. The van der Waals surface area contributed by atoms with Crippen molar-refractivity contribution in [3.05, 3.63) is 68.1 Å². The van der Waals surface area contributed by atoms with Gasteiger partial charge < -0.3 is 23.4 Å². The monoisotopic (exact) mass is 469 g/mol. The third kappa shape index (κ3) is 4.84. The maximum Gasteiger partial charge on any atom is 0.306 e. The molecular weight excluding hydrogens is 442 g/mol. The minimum atomic E-state index is -1.09. The molecule has 1 aromatic carbocycles. The molecule has 34 heavy (non-hydrogen) atoms. The molecule has 4 rings (SSSR count). The minimum Gasteiger partial charge on any atom is -0.502 e. The molecule has 1 saturated heterocycles. The summed E-state index contributed by atoms with van der Waals surface area (Å²) < 4.78 is 21.6. The van der Waals surface area contributed by atoms with Crippen molar-refractivity contribution in [1.29, 1.82) is 0 Å². The summed E-state index contributed by atoms with van der Waals surface area (Å²) in [6.07, 6.45) is 4.16. The Balaban J connectivity index is 1.83. The van der Waals surface area contributed by atoms with E-state index in [4.69, 9.17) is 18.3 Å². The van der Waals surface area contributed by atoms with Gasteiger partial charge in [0, 0.05) is 11.6 Å². The Labute approximate surface area is 195 Å². The lowest BCUT2D eigenvalue weighted by molar-refractivity contribution is -0.140. The second-order valence-electron chi connectivity index (χ2n) is 8.34. The van der Waals surface area contributed by atoms with E-state index < -0.39 is 28.5 Å². The first-order chi connectivity index (χ1) is 16.4. The van der Waals surface area contributed by atoms with Crippen molar-refractivity contribution in [2.24, 2.45) is 0 Å². The molecule has 9 heteroatoms. The fourth-order valence-corrected chi connectivity index (χ4v) is 4.29. The Bertz CT molecular complexity index is 1300. The second kappa shape index (κ2) is 10.1. The second-order valence-corrected chi connectivity index (χ2v) is 8.34. The van der Waals surface area contributed by atoms with Gasteiger partial charge in [-0.3, -0.25) is 19.3 Å². The minimum absolute atomic E-state index is 0.0553. The smallest absolute Gasteiger partial charge is 0.306 e. The van der Waals surface area contributed by atoms with Crippen molar-refractivity contribution in [3.8, 4) is 11.5 Å². The van der Waals surface area contributed by atoms with Crippen molar-refractivity contribution in [1.82, 2.24) is 4.90 Å². The van der Waals surface area contributed by atoms with Crippen LogP contribution in [0.5, 0.6) is 11.5 Å². The summed E-state index contributed by atoms with van der Waals surface area (Å²) in [5.74, 6) is -1.74. The SMILES string of the molecule is COC(=O)C[C@H](c1oc(CN2CCCCC2)cc(=O)c1O)c1coc2ccc(OC)cc2c1=O. The van der Waals surface area contributed by atoms with Crippen LogP contribution in [0.2, 0.25) is 0 Å². The predicted molar refractivity (Wildman–Crippen MR) is 123 cm³/mol. The van der Waals surface area contributed by atoms with Crippen LogP contribution in [0, 0.1) is 0 Å². The highest BCUT2D eigenvalue weighted by molar-refractivity contribution is 5.79. The van der Waals surface area contributed by atoms with Gasteiger partial charge >= 0.3 is 5.97 Å². The third-order valence-electron chi connectivity index (χ3n) is 6.12. The number of benzene rings is 1. The van der Waals surface area contributed by atoms with Gasteiger partial charge in [-0.05, 0) is 44.1 Å². The highest BCUT2D eigenvalue weighted by Crippen LogP contribution is 2.33. The van der Waals surface area contributed by atoms with Gasteiger partial charge in [0.1, 0.15) is 17.1 Å². The van der Waals surface area contributed by atoms with E-state index in [1.165, 1.54) is 32.6 Å². The standard InChI is InChI=1S/C25H27NO8/c1-31-15-6-7-21-18(10-15)23(29)19(14-33-21)17(12-22(28)32-2)25-24(30)20(27)11-16(34-25)13-26-8-4-3-5-9-26/h6-7,10-11,14,17,30H,3-5,8-9,12-13H2,1-2H3/t17-/m0/s1. The number of carbonyl (C=O) groups excluding carboxylic acids is 1. The van der Waals surface area contributed by atoms with Gasteiger partial charge in [-0.2, -0.15) is 0 Å². The fourth-order valence-electron chi connectivity index (χ4n) is 4.29. The summed E-state index contributed by atoms with van der Waals surface area (Å²) in [5.41, 5.74) is -0.692. The number of nitrogens with zero attached hydrogens (tertiary/aromatic N) is 1. The van der Waals surface area contributed by atoms with Crippen LogP contribution in [0.4, 0.5) is 0 Å². The van der Waals surface area contributed by atoms with E-state index in [-0.39, 0.29) is 23.1 Å². The topological polar surface area (TPSA) is 119 Å². The number of piperidine rings is 1. The quantitative estimate of drug-likeness (QED) is 0.520. The van der Waals surface area contributed by atoms with Crippen molar-refractivity contribution in [2.45, 2.75) is 38.1 Å². The van der Waals surface area contributed by atoms with Gasteiger partial charge in [-0.15, -0.1) is 0 Å². The number of rotatable bonds is 7. The molecule has 0 amide bonds. The molecule has 3 heterocycles. The number of aromatic hydroxyl groups is 1. The molecule has 2 aromatic heterocycles. The number of methoxy groups -OCH3 is 2. The molecule has 0 radical (unpaired) electrons. The molecule has 1 atom stereocenters. The third-order valence-corrected chi connectivity index (χ3v) is 6.12. The highest BCUT2D eigenvalue weighted by atomic mass is 16.5. The van der Waals surface area contributed by atoms with E-state index in [2.05, 4.69) is 4.90 Å². The Morgan fingerprint density at radius 3 is 2.62 bits per heavy atom. The first-order valence-corrected chi connectivity index (χ1v) is 11.2. The van der Waals surface area contributed by atoms with Crippen LogP contribution in [-0.4, -0.2) is 43.3 Å². The van der Waals surface area contributed by atoms with Crippen LogP contribution < -0.4 is 15.6 Å². The van der Waals surface area contributed by atoms with Crippen molar-refractivity contribution < 1.29 is 28.2 Å². The van der Waals surface area contributed by atoms with Crippen LogP contribution >= 0.6 is 0 Å². The molecule has 0 aliphatic carbocycles. The van der Waals surface area contributed by atoms with Gasteiger partial charge in [-0.25, -0.2) is 0 Å². The zero-order chi connectivity index (χ0) is 24.2. The molecule has 1 fully saturated rings. The number of hydrogen-bond acceptors (Lipinski definition) is 9. The molecule has 0 unspecified atom stereocenters. The molecule has 9 nitrogen and oxygen atoms in total. The summed E-state index contributed by atoms with van der Waals surface area (Å²) >= 11 is 0. The van der Waals surface area contributed by atoms with E-state index in [0.717, 1.165) is 32.4 Å². The summed E-state index contributed by atoms with van der Waals surface area (Å²) in [5, 5.41) is 10.8. The number of esters is 1. The number of ether oxygens (including phenoxy) is 2. The van der Waals surface area contributed by atoms with Crippen molar-refractivity contribution in [3.63, 3.8) is 0 Å². The van der Waals surface area contributed by atoms with Crippen LogP contribution in [0.25, 0.3) is 11.0 Å². The van der Waals surface area contributed by atoms with Crippen LogP contribution in [0.3, 0.4) is 0 Å². The molecule has 180 valence electrons. The van der Waals surface area contributed by atoms with Crippen LogP contribution in [0.1, 0.15) is 48.7 Å². The molecule has 0 spiro atoms. The number of likely N-dealkylation sites (tertiary alicyclic amines) is 1. The Hall–Kier alpha value is -3.59. The van der Waals surface area contributed by atoms with E-state index in [1.807, 2.05) is 0 Å². The lowest BCUT2D eigenvalue weighted by atomic mass is 9.92. The Morgan fingerprint density at radius 1 is 1.15 bits per heavy atom. The number of hydrogen-bond donors (Lipinski definition) is 1. The lowest BCUT2D eigenvalue weighted by Gasteiger charge is -2.26. The van der Waals surface area contributed by atoms with E-state index in [9.17, 15) is 19.5 Å². The maximum absolute atomic E-state index is 13.4. The van der Waals surface area contributed by atoms with Crippen molar-refractivity contribution >= 4 is 16.9 Å². The first kappa shape index (κ1) is 23.6. The molecular formula is C25H27NO8. The predicted octanol–water partition coefficient (Wildman–Crippen LogP) is 3.14. The molecule has 0 bridgehead atoms. The van der Waals surface area contributed by atoms with Gasteiger partial charge in [0.2, 0.25) is 11.2 Å². The maximum atomic E-state index is 13.4. The van der Waals surface area contributed by atoms with Gasteiger partial charge in [0.25, 0.3) is 0 Å². The average molecular weight is 469 g/mol. The lowest BCUT2D eigenvalue weighted by Crippen LogP contribution is -2.29. The van der Waals surface area contributed by atoms with Gasteiger partial charge in [-0.1, -0.05) is 6.42 Å². The van der Waals surface area contributed by atoms with E-state index in [1.54, 1.807) is 12.1 Å². The molecule has 1 N–H and O–H groups in total. The molecule has 1 aliphatic rings. The average Bonchev–Trinajstić information content (AvgIpc) is 2.85. The van der Waals surface area contributed by atoms with Crippen LogP contribution in [0.15, 0.2) is 49.0 Å². The van der Waals surface area contributed by atoms with Crippen molar-refractivity contribution in [2.75, 3.05) is 27.3 Å². The molecule has 3 aromatic rings. The zero-order valence-corrected chi connectivity index (χ0v) is 19.2.